The molecular weight excluding hydrogens is 232 g/mol. The highest BCUT2D eigenvalue weighted by atomic mass is 15.2. The van der Waals surface area contributed by atoms with Gasteiger partial charge in [-0.15, -0.1) is 0 Å². The van der Waals surface area contributed by atoms with Crippen LogP contribution in [0.1, 0.15) is 73.1 Å². The van der Waals surface area contributed by atoms with E-state index in [1.54, 1.807) is 0 Å². The molecule has 0 amide bonds. The molecule has 0 spiro atoms. The van der Waals surface area contributed by atoms with Crippen molar-refractivity contribution in [3.05, 3.63) is 0 Å². The van der Waals surface area contributed by atoms with Gasteiger partial charge in [0.05, 0.1) is 0 Å². The normalized spacial score (nSPS) is 28.6. The van der Waals surface area contributed by atoms with Crippen molar-refractivity contribution >= 4 is 0 Å². The van der Waals surface area contributed by atoms with E-state index in [4.69, 9.17) is 5.73 Å². The van der Waals surface area contributed by atoms with Gasteiger partial charge in [-0.25, -0.2) is 0 Å². The van der Waals surface area contributed by atoms with Gasteiger partial charge in [0.15, 0.2) is 0 Å². The van der Waals surface area contributed by atoms with Crippen molar-refractivity contribution in [2.24, 2.45) is 17.6 Å². The fourth-order valence-corrected chi connectivity index (χ4v) is 3.87. The number of hydrogen-bond donors (Lipinski definition) is 1. The molecule has 2 heteroatoms. The summed E-state index contributed by atoms with van der Waals surface area (Å²) in [5, 5.41) is 0. The van der Waals surface area contributed by atoms with Gasteiger partial charge in [0.1, 0.15) is 0 Å². The number of hydrogen-bond acceptors (Lipinski definition) is 2. The molecule has 0 unspecified atom stereocenters. The van der Waals surface area contributed by atoms with E-state index in [9.17, 15) is 0 Å². The minimum absolute atomic E-state index is 0.280. The predicted octanol–water partition coefficient (Wildman–Crippen LogP) is 4.04. The van der Waals surface area contributed by atoms with E-state index in [-0.39, 0.29) is 5.54 Å². The molecule has 0 heterocycles. The van der Waals surface area contributed by atoms with Crippen LogP contribution >= 0.6 is 0 Å². The first-order chi connectivity index (χ1) is 8.95. The fourth-order valence-electron chi connectivity index (χ4n) is 3.87. The lowest BCUT2D eigenvalue weighted by atomic mass is 9.73. The quantitative estimate of drug-likeness (QED) is 0.755. The third kappa shape index (κ3) is 4.46. The molecule has 0 aromatic rings. The summed E-state index contributed by atoms with van der Waals surface area (Å²) in [5.74, 6) is 1.68. The van der Waals surface area contributed by atoms with E-state index >= 15 is 0 Å². The Morgan fingerprint density at radius 3 is 2.11 bits per heavy atom. The molecule has 0 aromatic heterocycles. The predicted molar refractivity (Wildman–Crippen MR) is 85.3 cm³/mol. The molecule has 0 saturated heterocycles. The summed E-state index contributed by atoms with van der Waals surface area (Å²) >= 11 is 0. The molecule has 0 aromatic carbocycles. The second-order valence-corrected chi connectivity index (χ2v) is 7.30. The maximum atomic E-state index is 6.23. The van der Waals surface area contributed by atoms with Crippen molar-refractivity contribution < 1.29 is 0 Å². The highest BCUT2D eigenvalue weighted by Gasteiger charge is 2.40. The molecule has 1 fully saturated rings. The second-order valence-electron chi connectivity index (χ2n) is 7.30. The van der Waals surface area contributed by atoms with Crippen LogP contribution in [0.3, 0.4) is 0 Å². The Morgan fingerprint density at radius 1 is 1.16 bits per heavy atom. The summed E-state index contributed by atoms with van der Waals surface area (Å²) in [6, 6.07) is 0.605. The van der Waals surface area contributed by atoms with Crippen LogP contribution in [0.2, 0.25) is 0 Å². The highest BCUT2D eigenvalue weighted by Crippen LogP contribution is 2.39. The van der Waals surface area contributed by atoms with Crippen LogP contribution < -0.4 is 5.73 Å². The van der Waals surface area contributed by atoms with Crippen LogP contribution in [-0.4, -0.2) is 29.6 Å². The molecule has 0 atom stereocenters. The Balaban J connectivity index is 2.73. The SMILES string of the molecule is CCCC1CCC(CN)(N(CC(C)C)C(C)C)CC1. The van der Waals surface area contributed by atoms with Gasteiger partial charge in [-0.3, -0.25) is 4.90 Å². The summed E-state index contributed by atoms with van der Waals surface area (Å²) in [5.41, 5.74) is 6.51. The van der Waals surface area contributed by atoms with E-state index in [0.717, 1.165) is 18.4 Å². The number of nitrogens with two attached hydrogens (primary N) is 1. The monoisotopic (exact) mass is 268 g/mol. The Morgan fingerprint density at radius 2 is 1.74 bits per heavy atom. The van der Waals surface area contributed by atoms with Gasteiger partial charge in [-0.2, -0.15) is 0 Å². The Labute approximate surface area is 121 Å². The van der Waals surface area contributed by atoms with Crippen molar-refractivity contribution in [3.8, 4) is 0 Å². The number of nitrogens with zero attached hydrogens (tertiary/aromatic N) is 1. The van der Waals surface area contributed by atoms with Crippen LogP contribution in [0, 0.1) is 11.8 Å². The van der Waals surface area contributed by atoms with Gasteiger partial charge in [0.2, 0.25) is 0 Å². The maximum absolute atomic E-state index is 6.23. The van der Waals surface area contributed by atoms with E-state index in [1.165, 1.54) is 45.1 Å². The lowest BCUT2D eigenvalue weighted by Crippen LogP contribution is -2.59. The Hall–Kier alpha value is -0.0800. The summed E-state index contributed by atoms with van der Waals surface area (Å²) in [7, 11) is 0. The van der Waals surface area contributed by atoms with Gasteiger partial charge in [-0.1, -0.05) is 33.6 Å². The third-order valence-corrected chi connectivity index (χ3v) is 4.91. The lowest BCUT2D eigenvalue weighted by Gasteiger charge is -2.50. The Kier molecular flexibility index (Phi) is 6.82. The van der Waals surface area contributed by atoms with Crippen LogP contribution in [0.25, 0.3) is 0 Å². The minimum atomic E-state index is 0.280. The van der Waals surface area contributed by atoms with Crippen molar-refractivity contribution in [2.75, 3.05) is 13.1 Å². The van der Waals surface area contributed by atoms with Crippen molar-refractivity contribution in [1.82, 2.24) is 4.90 Å². The summed E-state index contributed by atoms with van der Waals surface area (Å²) < 4.78 is 0. The Bertz CT molecular complexity index is 240. The maximum Gasteiger partial charge on any atom is 0.0334 e. The molecule has 0 radical (unpaired) electrons. The van der Waals surface area contributed by atoms with Crippen LogP contribution in [0.4, 0.5) is 0 Å². The van der Waals surface area contributed by atoms with Crippen molar-refractivity contribution in [1.29, 1.82) is 0 Å². The molecule has 0 bridgehead atoms. The molecule has 1 saturated carbocycles. The lowest BCUT2D eigenvalue weighted by molar-refractivity contribution is 0.00810. The topological polar surface area (TPSA) is 29.3 Å². The molecule has 19 heavy (non-hydrogen) atoms. The van der Waals surface area contributed by atoms with Gasteiger partial charge in [0.25, 0.3) is 0 Å². The zero-order chi connectivity index (χ0) is 14.5. The zero-order valence-electron chi connectivity index (χ0n) is 13.9. The summed E-state index contributed by atoms with van der Waals surface area (Å²) in [4.78, 5) is 2.71. The van der Waals surface area contributed by atoms with E-state index in [0.29, 0.717) is 6.04 Å². The van der Waals surface area contributed by atoms with Crippen LogP contribution in [0.15, 0.2) is 0 Å². The van der Waals surface area contributed by atoms with E-state index in [2.05, 4.69) is 39.5 Å². The summed E-state index contributed by atoms with van der Waals surface area (Å²) in [6.45, 7) is 13.6. The van der Waals surface area contributed by atoms with Gasteiger partial charge < -0.3 is 5.73 Å². The standard InChI is InChI=1S/C17H36N2/c1-6-7-16-8-10-17(13-18,11-9-16)19(15(4)5)12-14(2)3/h14-16H,6-13,18H2,1-5H3. The second kappa shape index (κ2) is 7.64. The van der Waals surface area contributed by atoms with E-state index < -0.39 is 0 Å². The van der Waals surface area contributed by atoms with E-state index in [1.807, 2.05) is 0 Å². The fraction of sp³-hybridized carbons (Fsp3) is 1.00. The van der Waals surface area contributed by atoms with Gasteiger partial charge >= 0.3 is 0 Å². The largest absolute Gasteiger partial charge is 0.329 e. The first-order valence-corrected chi connectivity index (χ1v) is 8.42. The zero-order valence-corrected chi connectivity index (χ0v) is 13.9. The average Bonchev–Trinajstić information content (AvgIpc) is 2.37. The molecule has 1 aliphatic rings. The highest BCUT2D eigenvalue weighted by molar-refractivity contribution is 4.97. The van der Waals surface area contributed by atoms with Gasteiger partial charge in [-0.05, 0) is 51.4 Å². The summed E-state index contributed by atoms with van der Waals surface area (Å²) in [6.07, 6.45) is 8.11. The number of rotatable bonds is 7. The van der Waals surface area contributed by atoms with Gasteiger partial charge in [0, 0.05) is 24.7 Å². The smallest absolute Gasteiger partial charge is 0.0334 e. The van der Waals surface area contributed by atoms with Crippen molar-refractivity contribution in [3.63, 3.8) is 0 Å². The molecule has 114 valence electrons. The first-order valence-electron chi connectivity index (χ1n) is 8.42. The molecule has 2 N–H and O–H groups in total. The van der Waals surface area contributed by atoms with Crippen molar-refractivity contribution in [2.45, 2.75) is 84.7 Å². The van der Waals surface area contributed by atoms with Crippen LogP contribution in [-0.2, 0) is 0 Å². The molecular formula is C17H36N2. The molecule has 0 aliphatic heterocycles. The third-order valence-electron chi connectivity index (χ3n) is 4.91. The first kappa shape index (κ1) is 17.0. The minimum Gasteiger partial charge on any atom is -0.329 e. The molecule has 2 nitrogen and oxygen atoms in total. The molecule has 1 rings (SSSR count). The average molecular weight is 268 g/mol. The van der Waals surface area contributed by atoms with Crippen LogP contribution in [0.5, 0.6) is 0 Å². The molecule has 1 aliphatic carbocycles.